The molecule has 0 aliphatic carbocycles. The van der Waals surface area contributed by atoms with Crippen LogP contribution in [0.3, 0.4) is 0 Å². The fraction of sp³-hybridized carbons (Fsp3) is 0.387. The molecule has 3 aromatic rings. The smallest absolute Gasteiger partial charge is 0.314 e. The molecule has 3 aromatic carbocycles. The summed E-state index contributed by atoms with van der Waals surface area (Å²) in [7, 11) is -8.21. The van der Waals surface area contributed by atoms with Crippen molar-refractivity contribution in [3.05, 3.63) is 89.2 Å². The number of methoxy groups -OCH3 is 1. The zero-order chi connectivity index (χ0) is 33.4. The van der Waals surface area contributed by atoms with Crippen LogP contribution in [0.5, 0.6) is 5.75 Å². The minimum absolute atomic E-state index is 0.0449. The molecule has 2 aliphatic rings. The van der Waals surface area contributed by atoms with E-state index in [4.69, 9.17) is 14.8 Å². The molecule has 2 aliphatic heterocycles. The van der Waals surface area contributed by atoms with Crippen molar-refractivity contribution >= 4 is 26.0 Å². The maximum Gasteiger partial charge on any atom is 0.314 e. The number of sulfonamides is 1. The first-order valence-corrected chi connectivity index (χ1v) is 17.4. The molecule has 2 bridgehead atoms. The summed E-state index contributed by atoms with van der Waals surface area (Å²) in [5.74, 6) is -4.32. The number of hydrogen-bond donors (Lipinski definition) is 1. The van der Waals surface area contributed by atoms with Gasteiger partial charge in [0.05, 0.1) is 12.0 Å². The summed E-state index contributed by atoms with van der Waals surface area (Å²) in [6.45, 7) is 0.800. The van der Waals surface area contributed by atoms with Gasteiger partial charge in [-0.2, -0.15) is 12.7 Å². The van der Waals surface area contributed by atoms with Crippen molar-refractivity contribution in [2.45, 2.75) is 66.9 Å². The molecule has 0 spiro atoms. The quantitative estimate of drug-likeness (QED) is 0.236. The normalized spacial score (nSPS) is 20.6. The highest BCUT2D eigenvalue weighted by Crippen LogP contribution is 2.41. The van der Waals surface area contributed by atoms with Gasteiger partial charge in [-0.3, -0.25) is 4.79 Å². The molecule has 1 amide bonds. The Morgan fingerprint density at radius 1 is 0.957 bits per heavy atom. The number of carbonyl (C=O) groups excluding carboxylic acids is 1. The van der Waals surface area contributed by atoms with Crippen LogP contribution in [-0.4, -0.2) is 63.9 Å². The lowest BCUT2D eigenvalue weighted by molar-refractivity contribution is -0.140. The molecule has 248 valence electrons. The number of fused-ring (bicyclic) bond motifs is 2. The average Bonchev–Trinajstić information content (AvgIpc) is 3.28. The SMILES string of the molecule is COc1ccccc1S(=O)(=O)N(CC(=O)N1C2CCC1CC(C(N)Cc1cc(F)c(F)cc1F)C2)OS(=O)(=O)c1ccc(C)cc1. The Bertz CT molecular complexity index is 1810. The maximum absolute atomic E-state index is 14.3. The first-order chi connectivity index (χ1) is 21.7. The lowest BCUT2D eigenvalue weighted by Crippen LogP contribution is -2.53. The first-order valence-electron chi connectivity index (χ1n) is 14.6. The van der Waals surface area contributed by atoms with Gasteiger partial charge in [0, 0.05) is 24.2 Å². The molecular formula is C31H34F3N3O7S2. The number of hydrogen-bond acceptors (Lipinski definition) is 8. The lowest BCUT2D eigenvalue weighted by atomic mass is 9.82. The molecule has 0 saturated carbocycles. The Morgan fingerprint density at radius 2 is 1.57 bits per heavy atom. The van der Waals surface area contributed by atoms with E-state index >= 15 is 0 Å². The second-order valence-corrected chi connectivity index (χ2v) is 14.9. The van der Waals surface area contributed by atoms with E-state index in [-0.39, 0.29) is 45.1 Å². The number of halogens is 3. The molecule has 2 fully saturated rings. The molecule has 0 radical (unpaired) electrons. The summed E-state index contributed by atoms with van der Waals surface area (Å²) >= 11 is 0. The molecule has 2 saturated heterocycles. The van der Waals surface area contributed by atoms with Gasteiger partial charge in [0.25, 0.3) is 10.0 Å². The molecule has 5 rings (SSSR count). The highest BCUT2D eigenvalue weighted by atomic mass is 32.2. The number of carbonyl (C=O) groups is 1. The first kappa shape index (κ1) is 33.9. The van der Waals surface area contributed by atoms with Crippen molar-refractivity contribution in [1.82, 2.24) is 9.37 Å². The maximum atomic E-state index is 14.3. The largest absolute Gasteiger partial charge is 0.495 e. The number of ether oxygens (including phenoxy) is 1. The van der Waals surface area contributed by atoms with Gasteiger partial charge >= 0.3 is 10.1 Å². The zero-order valence-corrected chi connectivity index (χ0v) is 26.7. The van der Waals surface area contributed by atoms with Gasteiger partial charge in [-0.1, -0.05) is 29.8 Å². The summed E-state index contributed by atoms with van der Waals surface area (Å²) in [6, 6.07) is 11.0. The third kappa shape index (κ3) is 6.93. The fourth-order valence-electron chi connectivity index (χ4n) is 6.26. The minimum Gasteiger partial charge on any atom is -0.495 e. The van der Waals surface area contributed by atoms with E-state index in [9.17, 15) is 34.8 Å². The van der Waals surface area contributed by atoms with Gasteiger partial charge in [-0.25, -0.2) is 21.6 Å². The Balaban J connectivity index is 1.37. The molecule has 0 aromatic heterocycles. The number of nitrogens with two attached hydrogens (primary N) is 1. The van der Waals surface area contributed by atoms with E-state index in [1.165, 1.54) is 60.5 Å². The molecule has 15 heteroatoms. The predicted molar refractivity (Wildman–Crippen MR) is 161 cm³/mol. The minimum atomic E-state index is -4.76. The van der Waals surface area contributed by atoms with Crippen LogP contribution in [0.4, 0.5) is 13.2 Å². The zero-order valence-electron chi connectivity index (χ0n) is 25.1. The molecule has 10 nitrogen and oxygen atoms in total. The van der Waals surface area contributed by atoms with Gasteiger partial charge in [-0.05, 0) is 85.3 Å². The van der Waals surface area contributed by atoms with E-state index < -0.39 is 61.0 Å². The summed E-state index contributed by atoms with van der Waals surface area (Å²) in [5.41, 5.74) is 7.11. The van der Waals surface area contributed by atoms with Gasteiger partial charge in [0.1, 0.15) is 23.0 Å². The Labute approximate surface area is 266 Å². The molecule has 2 N–H and O–H groups in total. The van der Waals surface area contributed by atoms with Crippen LogP contribution in [0.1, 0.15) is 36.8 Å². The molecule has 2 heterocycles. The van der Waals surface area contributed by atoms with Crippen molar-refractivity contribution in [3.63, 3.8) is 0 Å². The molecule has 3 unspecified atom stereocenters. The van der Waals surface area contributed by atoms with Crippen molar-refractivity contribution in [3.8, 4) is 5.75 Å². The van der Waals surface area contributed by atoms with Crippen LogP contribution in [0.2, 0.25) is 0 Å². The van der Waals surface area contributed by atoms with E-state index in [2.05, 4.69) is 0 Å². The standard InChI is InChI=1S/C31H34F3N3O7S2/c1-19-7-11-24(12-8-19)46(41,42)44-36(45(39,40)30-6-4-3-5-29(30)43-2)18-31(38)37-22-9-10-23(37)14-21(13-22)28(35)16-20-15-26(33)27(34)17-25(20)32/h3-8,11-12,15,17,21-23,28H,9-10,13-14,16,18,35H2,1-2H3. The number of rotatable bonds is 11. The van der Waals surface area contributed by atoms with Crippen LogP contribution in [-0.2, 0) is 35.6 Å². The number of aryl methyl sites for hydroxylation is 1. The highest BCUT2D eigenvalue weighted by Gasteiger charge is 2.46. The second-order valence-electron chi connectivity index (χ2n) is 11.6. The van der Waals surface area contributed by atoms with E-state index in [0.29, 0.717) is 31.7 Å². The van der Waals surface area contributed by atoms with Crippen molar-refractivity contribution in [2.24, 2.45) is 11.7 Å². The van der Waals surface area contributed by atoms with Crippen LogP contribution in [0.15, 0.2) is 70.5 Å². The van der Waals surface area contributed by atoms with Gasteiger partial charge in [0.15, 0.2) is 11.6 Å². The number of piperidine rings is 1. The van der Waals surface area contributed by atoms with Gasteiger partial charge < -0.3 is 15.4 Å². The molecule has 3 atom stereocenters. The third-order valence-electron chi connectivity index (χ3n) is 8.58. The number of hydroxylamine groups is 1. The van der Waals surface area contributed by atoms with Crippen LogP contribution in [0.25, 0.3) is 0 Å². The second kappa shape index (κ2) is 13.3. The molecule has 46 heavy (non-hydrogen) atoms. The van der Waals surface area contributed by atoms with Crippen molar-refractivity contribution < 1.29 is 43.8 Å². The summed E-state index contributed by atoms with van der Waals surface area (Å²) in [5, 5.41) is 0. The van der Waals surface area contributed by atoms with E-state index in [1.807, 2.05) is 0 Å². The number of amides is 1. The summed E-state index contributed by atoms with van der Waals surface area (Å²) in [4.78, 5) is 14.6. The Morgan fingerprint density at radius 3 is 2.20 bits per heavy atom. The highest BCUT2D eigenvalue weighted by molar-refractivity contribution is 7.90. The van der Waals surface area contributed by atoms with Gasteiger partial charge in [0.2, 0.25) is 5.91 Å². The molecular weight excluding hydrogens is 647 g/mol. The predicted octanol–water partition coefficient (Wildman–Crippen LogP) is 4.07. The van der Waals surface area contributed by atoms with Crippen LogP contribution in [0, 0.1) is 30.3 Å². The number of benzene rings is 3. The lowest BCUT2D eigenvalue weighted by Gasteiger charge is -2.41. The Hall–Kier alpha value is -3.50. The third-order valence-corrected chi connectivity index (χ3v) is 11.5. The van der Waals surface area contributed by atoms with E-state index in [1.54, 1.807) is 6.92 Å². The monoisotopic (exact) mass is 681 g/mol. The number of para-hydroxylation sites is 1. The van der Waals surface area contributed by atoms with Crippen LogP contribution >= 0.6 is 0 Å². The van der Waals surface area contributed by atoms with E-state index in [0.717, 1.165) is 11.6 Å². The summed E-state index contributed by atoms with van der Waals surface area (Å²) in [6.07, 6.45) is 1.92. The summed E-state index contributed by atoms with van der Waals surface area (Å²) < 4.78 is 106. The van der Waals surface area contributed by atoms with Crippen LogP contribution < -0.4 is 10.5 Å². The van der Waals surface area contributed by atoms with Crippen molar-refractivity contribution in [2.75, 3.05) is 13.7 Å². The fourth-order valence-corrected chi connectivity index (χ4v) is 8.80. The van der Waals surface area contributed by atoms with Gasteiger partial charge in [-0.15, -0.1) is 0 Å². The van der Waals surface area contributed by atoms with Crippen molar-refractivity contribution in [1.29, 1.82) is 0 Å². The average molecular weight is 682 g/mol. The topological polar surface area (TPSA) is 136 Å². The number of nitrogens with zero attached hydrogens (tertiary/aromatic N) is 2. The Kier molecular flexibility index (Phi) is 9.80.